The molecule has 1 atom stereocenters. The highest BCUT2D eigenvalue weighted by atomic mass is 32.1. The number of rotatable bonds is 5. The monoisotopic (exact) mass is 282 g/mol. The molecule has 1 amide bonds. The molecule has 0 fully saturated rings. The Morgan fingerprint density at radius 1 is 1.53 bits per heavy atom. The van der Waals surface area contributed by atoms with Crippen LogP contribution in [0.3, 0.4) is 0 Å². The van der Waals surface area contributed by atoms with Gasteiger partial charge < -0.3 is 14.8 Å². The normalized spacial score (nSPS) is 12.1. The van der Waals surface area contributed by atoms with Crippen LogP contribution in [0.15, 0.2) is 34.1 Å². The van der Waals surface area contributed by atoms with E-state index >= 15 is 0 Å². The van der Waals surface area contributed by atoms with Gasteiger partial charge in [-0.2, -0.15) is 0 Å². The molecule has 2 rings (SSSR count). The maximum absolute atomic E-state index is 11.6. The second-order valence-electron chi connectivity index (χ2n) is 3.64. The van der Waals surface area contributed by atoms with E-state index in [1.807, 2.05) is 5.38 Å². The van der Waals surface area contributed by atoms with Gasteiger partial charge >= 0.3 is 5.88 Å². The van der Waals surface area contributed by atoms with E-state index in [0.29, 0.717) is 0 Å². The fourth-order valence-electron chi connectivity index (χ4n) is 1.41. The Morgan fingerprint density at radius 3 is 2.89 bits per heavy atom. The molecule has 0 aliphatic carbocycles. The Hall–Kier alpha value is -2.19. The van der Waals surface area contributed by atoms with Crippen LogP contribution in [0.2, 0.25) is 0 Å². The molecule has 0 bridgehead atoms. The predicted molar refractivity (Wildman–Crippen MR) is 67.0 cm³/mol. The summed E-state index contributed by atoms with van der Waals surface area (Å²) in [6, 6.07) is 5.86. The SMILES string of the molecule is O=C(NCC(O)c1cccs1)c1ccc([N+](=O)[O-])o1. The molecule has 100 valence electrons. The molecule has 2 aromatic heterocycles. The first kappa shape index (κ1) is 13.2. The summed E-state index contributed by atoms with van der Waals surface area (Å²) in [5, 5.41) is 24.4. The minimum absolute atomic E-state index is 0.00778. The summed E-state index contributed by atoms with van der Waals surface area (Å²) in [6.45, 7) is 0.00778. The first-order chi connectivity index (χ1) is 9.08. The van der Waals surface area contributed by atoms with Gasteiger partial charge in [0.05, 0.1) is 6.07 Å². The fourth-order valence-corrected chi connectivity index (χ4v) is 2.12. The van der Waals surface area contributed by atoms with E-state index in [-0.39, 0.29) is 12.3 Å². The van der Waals surface area contributed by atoms with Gasteiger partial charge in [-0.1, -0.05) is 6.07 Å². The Morgan fingerprint density at radius 2 is 2.32 bits per heavy atom. The molecule has 2 N–H and O–H groups in total. The van der Waals surface area contributed by atoms with Crippen LogP contribution in [0.5, 0.6) is 0 Å². The molecule has 0 aliphatic rings. The average Bonchev–Trinajstić information content (AvgIpc) is 3.05. The van der Waals surface area contributed by atoms with Crippen molar-refractivity contribution in [2.45, 2.75) is 6.10 Å². The predicted octanol–water partition coefficient (Wildman–Crippen LogP) is 1.71. The molecule has 0 aliphatic heterocycles. The largest absolute Gasteiger partial charge is 0.433 e. The molecule has 2 heterocycles. The van der Waals surface area contributed by atoms with Crippen LogP contribution >= 0.6 is 11.3 Å². The summed E-state index contributed by atoms with van der Waals surface area (Å²) >= 11 is 1.37. The van der Waals surface area contributed by atoms with E-state index in [1.165, 1.54) is 17.4 Å². The Balaban J connectivity index is 1.92. The number of thiophene rings is 1. The quantitative estimate of drug-likeness (QED) is 0.641. The molecule has 2 aromatic rings. The minimum atomic E-state index is -0.811. The van der Waals surface area contributed by atoms with E-state index in [9.17, 15) is 20.0 Å². The average molecular weight is 282 g/mol. The van der Waals surface area contributed by atoms with E-state index in [4.69, 9.17) is 4.42 Å². The van der Waals surface area contributed by atoms with Crippen LogP contribution in [-0.4, -0.2) is 22.5 Å². The van der Waals surface area contributed by atoms with Crippen LogP contribution in [0.25, 0.3) is 0 Å². The number of carbonyl (C=O) groups excluding carboxylic acids is 1. The lowest BCUT2D eigenvalue weighted by Gasteiger charge is -2.08. The zero-order chi connectivity index (χ0) is 13.8. The molecule has 7 nitrogen and oxygen atoms in total. The van der Waals surface area contributed by atoms with Crippen LogP contribution in [-0.2, 0) is 0 Å². The van der Waals surface area contributed by atoms with Gasteiger partial charge in [-0.05, 0) is 17.5 Å². The van der Waals surface area contributed by atoms with Crippen LogP contribution in [0.4, 0.5) is 5.88 Å². The van der Waals surface area contributed by atoms with Gasteiger partial charge in [0.2, 0.25) is 0 Å². The molecular formula is C11H10N2O5S. The first-order valence-electron chi connectivity index (χ1n) is 5.32. The van der Waals surface area contributed by atoms with Crippen LogP contribution in [0, 0.1) is 10.1 Å². The van der Waals surface area contributed by atoms with Gasteiger partial charge in [-0.3, -0.25) is 14.9 Å². The highest BCUT2D eigenvalue weighted by Gasteiger charge is 2.18. The third kappa shape index (κ3) is 3.18. The molecule has 0 saturated carbocycles. The number of amides is 1. The Kier molecular flexibility index (Phi) is 3.93. The molecule has 0 radical (unpaired) electrons. The van der Waals surface area contributed by atoms with Crippen molar-refractivity contribution in [2.75, 3.05) is 6.54 Å². The van der Waals surface area contributed by atoms with E-state index < -0.39 is 22.8 Å². The van der Waals surface area contributed by atoms with E-state index in [0.717, 1.165) is 10.9 Å². The molecule has 0 saturated heterocycles. The highest BCUT2D eigenvalue weighted by Crippen LogP contribution is 2.18. The van der Waals surface area contributed by atoms with Crippen molar-refractivity contribution >= 4 is 23.1 Å². The molecule has 0 aromatic carbocycles. The summed E-state index contributed by atoms with van der Waals surface area (Å²) in [7, 11) is 0. The fraction of sp³-hybridized carbons (Fsp3) is 0.182. The molecule has 19 heavy (non-hydrogen) atoms. The summed E-state index contributed by atoms with van der Waals surface area (Å²) in [5.74, 6) is -1.27. The van der Waals surface area contributed by atoms with E-state index in [1.54, 1.807) is 12.1 Å². The summed E-state index contributed by atoms with van der Waals surface area (Å²) < 4.78 is 4.74. The van der Waals surface area contributed by atoms with Gasteiger partial charge in [0.25, 0.3) is 5.91 Å². The van der Waals surface area contributed by atoms with Gasteiger partial charge in [0, 0.05) is 11.4 Å². The van der Waals surface area contributed by atoms with Crippen molar-refractivity contribution in [2.24, 2.45) is 0 Å². The molecule has 8 heteroatoms. The highest BCUT2D eigenvalue weighted by molar-refractivity contribution is 7.10. The number of carbonyl (C=O) groups is 1. The number of nitrogens with one attached hydrogen (secondary N) is 1. The third-order valence-corrected chi connectivity index (χ3v) is 3.30. The number of hydrogen-bond donors (Lipinski definition) is 2. The number of hydrogen-bond acceptors (Lipinski definition) is 6. The van der Waals surface area contributed by atoms with Gasteiger partial charge in [0.15, 0.2) is 5.76 Å². The maximum atomic E-state index is 11.6. The minimum Gasteiger partial charge on any atom is -0.395 e. The van der Waals surface area contributed by atoms with Crippen molar-refractivity contribution in [3.63, 3.8) is 0 Å². The van der Waals surface area contributed by atoms with Gasteiger partial charge in [-0.25, -0.2) is 0 Å². The first-order valence-corrected chi connectivity index (χ1v) is 6.20. The lowest BCUT2D eigenvalue weighted by atomic mass is 10.3. The zero-order valence-corrected chi connectivity index (χ0v) is 10.4. The molecule has 0 spiro atoms. The topological polar surface area (TPSA) is 106 Å². The zero-order valence-electron chi connectivity index (χ0n) is 9.61. The number of nitro groups is 1. The van der Waals surface area contributed by atoms with E-state index in [2.05, 4.69) is 5.32 Å². The van der Waals surface area contributed by atoms with Crippen molar-refractivity contribution < 1.29 is 19.2 Å². The molecular weight excluding hydrogens is 272 g/mol. The second-order valence-corrected chi connectivity index (χ2v) is 4.62. The van der Waals surface area contributed by atoms with Crippen molar-refractivity contribution in [3.8, 4) is 0 Å². The Bertz CT molecular complexity index is 578. The molecule has 1 unspecified atom stereocenters. The second kappa shape index (κ2) is 5.63. The number of aliphatic hydroxyl groups is 1. The van der Waals surface area contributed by atoms with Crippen molar-refractivity contribution in [1.29, 1.82) is 0 Å². The smallest absolute Gasteiger partial charge is 0.395 e. The number of nitrogens with zero attached hydrogens (tertiary/aromatic N) is 1. The Labute approximate surface area is 111 Å². The lowest BCUT2D eigenvalue weighted by molar-refractivity contribution is -0.402. The lowest BCUT2D eigenvalue weighted by Crippen LogP contribution is -2.27. The third-order valence-electron chi connectivity index (χ3n) is 2.32. The standard InChI is InChI=1S/C11H10N2O5S/c14-7(9-2-1-5-19-9)6-12-11(15)8-3-4-10(18-8)13(16)17/h1-5,7,14H,6H2,(H,12,15). The number of aliphatic hydroxyl groups excluding tert-OH is 1. The summed E-state index contributed by atoms with van der Waals surface area (Å²) in [6.07, 6.45) is -0.811. The maximum Gasteiger partial charge on any atom is 0.433 e. The van der Waals surface area contributed by atoms with Crippen molar-refractivity contribution in [1.82, 2.24) is 5.32 Å². The van der Waals surface area contributed by atoms with Crippen molar-refractivity contribution in [3.05, 3.63) is 50.4 Å². The van der Waals surface area contributed by atoms with Gasteiger partial charge in [0.1, 0.15) is 11.0 Å². The van der Waals surface area contributed by atoms with Crippen LogP contribution in [0.1, 0.15) is 21.5 Å². The van der Waals surface area contributed by atoms with Crippen LogP contribution < -0.4 is 5.32 Å². The van der Waals surface area contributed by atoms with Gasteiger partial charge in [-0.15, -0.1) is 11.3 Å². The summed E-state index contributed by atoms with van der Waals surface area (Å²) in [4.78, 5) is 22.0. The summed E-state index contributed by atoms with van der Waals surface area (Å²) in [5.41, 5.74) is 0. The number of furan rings is 1.